The summed E-state index contributed by atoms with van der Waals surface area (Å²) in [6, 6.07) is 3.79. The minimum absolute atomic E-state index is 0.00594. The highest BCUT2D eigenvalue weighted by Gasteiger charge is 2.22. The van der Waals surface area contributed by atoms with Crippen LogP contribution in [0.1, 0.15) is 55.5 Å². The Kier molecular flexibility index (Phi) is 5.20. The Labute approximate surface area is 119 Å². The Hall–Kier alpha value is -1.33. The van der Waals surface area contributed by atoms with Gasteiger partial charge in [-0.05, 0) is 58.0 Å². The van der Waals surface area contributed by atoms with Crippen LogP contribution in [-0.2, 0) is 0 Å². The van der Waals surface area contributed by atoms with Crippen LogP contribution in [-0.4, -0.2) is 41.7 Å². The van der Waals surface area contributed by atoms with Crippen molar-refractivity contribution in [3.05, 3.63) is 23.7 Å². The van der Waals surface area contributed by atoms with Gasteiger partial charge in [0, 0.05) is 6.04 Å². The fourth-order valence-corrected chi connectivity index (χ4v) is 2.78. The normalized spacial score (nSPS) is 19.1. The largest absolute Gasteiger partial charge is 0.475 e. The fourth-order valence-electron chi connectivity index (χ4n) is 2.78. The smallest absolute Gasteiger partial charge is 0.371 e. The number of furan rings is 1. The molecule has 2 heterocycles. The molecule has 1 saturated heterocycles. The minimum atomic E-state index is -1.02. The lowest BCUT2D eigenvalue weighted by atomic mass is 10.0. The predicted octanol–water partition coefficient (Wildman–Crippen LogP) is 2.50. The second-order valence-electron chi connectivity index (χ2n) is 5.51. The molecule has 1 aromatic rings. The van der Waals surface area contributed by atoms with Crippen molar-refractivity contribution < 1.29 is 14.3 Å². The van der Waals surface area contributed by atoms with Gasteiger partial charge in [-0.2, -0.15) is 0 Å². The van der Waals surface area contributed by atoms with Crippen LogP contribution in [0, 0.1) is 0 Å². The van der Waals surface area contributed by atoms with E-state index < -0.39 is 5.97 Å². The first-order valence-corrected chi connectivity index (χ1v) is 7.41. The number of likely N-dealkylation sites (tertiary alicyclic amines) is 1. The fraction of sp³-hybridized carbons (Fsp3) is 0.667. The Morgan fingerprint density at radius 1 is 1.50 bits per heavy atom. The molecule has 1 unspecified atom stereocenters. The van der Waals surface area contributed by atoms with Crippen molar-refractivity contribution in [2.75, 3.05) is 19.6 Å². The van der Waals surface area contributed by atoms with E-state index in [0.29, 0.717) is 11.8 Å². The first-order valence-electron chi connectivity index (χ1n) is 7.41. The second kappa shape index (κ2) is 6.90. The number of nitrogens with one attached hydrogen (secondary N) is 1. The number of aromatic carboxylic acids is 1. The van der Waals surface area contributed by atoms with Gasteiger partial charge in [0.25, 0.3) is 0 Å². The summed E-state index contributed by atoms with van der Waals surface area (Å²) < 4.78 is 5.34. The molecule has 0 amide bonds. The molecular weight excluding hydrogens is 256 g/mol. The highest BCUT2D eigenvalue weighted by Crippen LogP contribution is 2.19. The van der Waals surface area contributed by atoms with Crippen LogP contribution in [0.3, 0.4) is 0 Å². The summed E-state index contributed by atoms with van der Waals surface area (Å²) in [5, 5.41) is 12.4. The third-order valence-electron chi connectivity index (χ3n) is 3.88. The Morgan fingerprint density at radius 2 is 2.20 bits per heavy atom. The first-order chi connectivity index (χ1) is 9.60. The second-order valence-corrected chi connectivity index (χ2v) is 5.51. The summed E-state index contributed by atoms with van der Waals surface area (Å²) in [5.41, 5.74) is 0. The van der Waals surface area contributed by atoms with E-state index in [1.54, 1.807) is 6.07 Å². The molecule has 5 heteroatoms. The van der Waals surface area contributed by atoms with Crippen LogP contribution in [0.5, 0.6) is 0 Å². The van der Waals surface area contributed by atoms with E-state index >= 15 is 0 Å². The van der Waals surface area contributed by atoms with E-state index in [0.717, 1.165) is 25.9 Å². The zero-order valence-electron chi connectivity index (χ0n) is 12.3. The van der Waals surface area contributed by atoms with Crippen molar-refractivity contribution in [3.8, 4) is 0 Å². The van der Waals surface area contributed by atoms with Crippen LogP contribution in [0.4, 0.5) is 0 Å². The van der Waals surface area contributed by atoms with Crippen LogP contribution in [0.25, 0.3) is 0 Å². The van der Waals surface area contributed by atoms with Crippen molar-refractivity contribution in [1.82, 2.24) is 10.2 Å². The molecule has 0 radical (unpaired) electrons. The topological polar surface area (TPSA) is 65.7 Å². The Bertz CT molecular complexity index is 436. The number of carboxylic acid groups (broad SMARTS) is 1. The quantitative estimate of drug-likeness (QED) is 0.838. The zero-order chi connectivity index (χ0) is 14.5. The predicted molar refractivity (Wildman–Crippen MR) is 77.0 cm³/mol. The molecule has 0 aromatic carbocycles. The van der Waals surface area contributed by atoms with Gasteiger partial charge in [-0.1, -0.05) is 6.92 Å². The average Bonchev–Trinajstić information content (AvgIpc) is 2.91. The van der Waals surface area contributed by atoms with Gasteiger partial charge >= 0.3 is 5.97 Å². The van der Waals surface area contributed by atoms with Gasteiger partial charge in [0.15, 0.2) is 0 Å². The molecule has 112 valence electrons. The maximum atomic E-state index is 10.8. The van der Waals surface area contributed by atoms with Gasteiger partial charge in [0.1, 0.15) is 5.76 Å². The van der Waals surface area contributed by atoms with Gasteiger partial charge < -0.3 is 19.7 Å². The van der Waals surface area contributed by atoms with E-state index in [2.05, 4.69) is 17.1 Å². The van der Waals surface area contributed by atoms with E-state index in [9.17, 15) is 4.79 Å². The van der Waals surface area contributed by atoms with Gasteiger partial charge in [-0.15, -0.1) is 0 Å². The summed E-state index contributed by atoms with van der Waals surface area (Å²) in [6.45, 7) is 7.68. The highest BCUT2D eigenvalue weighted by atomic mass is 16.4. The number of piperidine rings is 1. The maximum absolute atomic E-state index is 10.8. The molecule has 1 fully saturated rings. The lowest BCUT2D eigenvalue weighted by Gasteiger charge is -2.33. The van der Waals surface area contributed by atoms with Crippen LogP contribution in [0.15, 0.2) is 16.5 Å². The molecule has 2 N–H and O–H groups in total. The standard InChI is InChI=1S/C15H24N2O3/c1-3-8-17-9-6-12(7-10-17)16-11(2)13-4-5-14(20-13)15(18)19/h4-5,11-12,16H,3,6-10H2,1-2H3,(H,18,19). The third kappa shape index (κ3) is 3.84. The van der Waals surface area contributed by atoms with E-state index in [1.807, 2.05) is 6.92 Å². The number of hydrogen-bond donors (Lipinski definition) is 2. The molecule has 1 atom stereocenters. The number of nitrogens with zero attached hydrogens (tertiary/aromatic N) is 1. The number of carbonyl (C=O) groups is 1. The summed E-state index contributed by atoms with van der Waals surface area (Å²) in [5.74, 6) is -0.318. The molecule has 2 rings (SSSR count). The summed E-state index contributed by atoms with van der Waals surface area (Å²) in [6.07, 6.45) is 3.48. The third-order valence-corrected chi connectivity index (χ3v) is 3.88. The molecule has 0 saturated carbocycles. The van der Waals surface area contributed by atoms with E-state index in [-0.39, 0.29) is 11.8 Å². The molecule has 0 spiro atoms. The number of carboxylic acids is 1. The molecule has 1 aromatic heterocycles. The van der Waals surface area contributed by atoms with Crippen molar-refractivity contribution in [1.29, 1.82) is 0 Å². The first kappa shape index (κ1) is 15.1. The zero-order valence-corrected chi connectivity index (χ0v) is 12.3. The van der Waals surface area contributed by atoms with Gasteiger partial charge in [0.2, 0.25) is 5.76 Å². The number of rotatable bonds is 6. The van der Waals surface area contributed by atoms with Crippen molar-refractivity contribution in [2.24, 2.45) is 0 Å². The monoisotopic (exact) mass is 280 g/mol. The highest BCUT2D eigenvalue weighted by molar-refractivity contribution is 5.84. The van der Waals surface area contributed by atoms with Crippen molar-refractivity contribution >= 4 is 5.97 Å². The van der Waals surface area contributed by atoms with E-state index in [4.69, 9.17) is 9.52 Å². The lowest BCUT2D eigenvalue weighted by Crippen LogP contribution is -2.43. The summed E-state index contributed by atoms with van der Waals surface area (Å²) in [4.78, 5) is 13.3. The van der Waals surface area contributed by atoms with Crippen LogP contribution >= 0.6 is 0 Å². The molecule has 0 aliphatic carbocycles. The van der Waals surface area contributed by atoms with Gasteiger partial charge in [0.05, 0.1) is 6.04 Å². The molecular formula is C15H24N2O3. The molecule has 20 heavy (non-hydrogen) atoms. The lowest BCUT2D eigenvalue weighted by molar-refractivity contribution is 0.0659. The van der Waals surface area contributed by atoms with Crippen molar-refractivity contribution in [3.63, 3.8) is 0 Å². The van der Waals surface area contributed by atoms with Crippen molar-refractivity contribution in [2.45, 2.75) is 45.2 Å². The molecule has 1 aliphatic heterocycles. The van der Waals surface area contributed by atoms with Crippen LogP contribution < -0.4 is 5.32 Å². The van der Waals surface area contributed by atoms with Gasteiger partial charge in [-0.25, -0.2) is 4.79 Å². The average molecular weight is 280 g/mol. The van der Waals surface area contributed by atoms with Crippen LogP contribution in [0.2, 0.25) is 0 Å². The Balaban J connectivity index is 1.82. The SMILES string of the molecule is CCCN1CCC(NC(C)c2ccc(C(=O)O)o2)CC1. The molecule has 0 bridgehead atoms. The summed E-state index contributed by atoms with van der Waals surface area (Å²) in [7, 11) is 0. The molecule has 5 nitrogen and oxygen atoms in total. The summed E-state index contributed by atoms with van der Waals surface area (Å²) >= 11 is 0. The molecule has 1 aliphatic rings. The Morgan fingerprint density at radius 3 is 2.75 bits per heavy atom. The maximum Gasteiger partial charge on any atom is 0.371 e. The minimum Gasteiger partial charge on any atom is -0.475 e. The van der Waals surface area contributed by atoms with E-state index in [1.165, 1.54) is 19.0 Å². The van der Waals surface area contributed by atoms with Gasteiger partial charge in [-0.3, -0.25) is 0 Å². The number of hydrogen-bond acceptors (Lipinski definition) is 4.